The van der Waals surface area contributed by atoms with Gasteiger partial charge in [0.25, 0.3) is 0 Å². The van der Waals surface area contributed by atoms with Gasteiger partial charge in [-0.05, 0) is 56.5 Å². The summed E-state index contributed by atoms with van der Waals surface area (Å²) in [5.41, 5.74) is 6.90. The molecular weight excluding hydrogens is 442 g/mol. The Morgan fingerprint density at radius 2 is 1.12 bits per heavy atom. The average Bonchev–Trinajstić information content (AvgIpc) is 3.07. The fourth-order valence-electron chi connectivity index (χ4n) is 3.60. The number of alkyl halides is 1. The average molecular weight is 486 g/mol. The van der Waals surface area contributed by atoms with E-state index in [4.69, 9.17) is 16.0 Å². The summed E-state index contributed by atoms with van der Waals surface area (Å²) < 4.78 is 5.80. The standard InChI is InChI=1S/C16H22ClNO.C14H22O/c1-15(2,3)10-7-11(16(4,5)6)14-12(8-10)18-13(9-17)19-14;1-13(2,3)10-7-11(14(4,5)6)9-12(15)8-10/h7-8H,9H2,1-6H3;7-9,15H,1-6H3. The Morgan fingerprint density at radius 1 is 0.676 bits per heavy atom. The molecule has 0 unspecified atom stereocenters. The first-order valence-corrected chi connectivity index (χ1v) is 12.6. The highest BCUT2D eigenvalue weighted by Gasteiger charge is 2.25. The van der Waals surface area contributed by atoms with Crippen molar-refractivity contribution >= 4 is 22.7 Å². The normalized spacial score (nSPS) is 13.1. The van der Waals surface area contributed by atoms with Gasteiger partial charge in [0, 0.05) is 5.56 Å². The zero-order valence-electron chi connectivity index (χ0n) is 23.3. The third-order valence-electron chi connectivity index (χ3n) is 5.97. The molecule has 188 valence electrons. The summed E-state index contributed by atoms with van der Waals surface area (Å²) in [6, 6.07) is 10.3. The van der Waals surface area contributed by atoms with Crippen molar-refractivity contribution < 1.29 is 9.52 Å². The number of hydrogen-bond donors (Lipinski definition) is 1. The van der Waals surface area contributed by atoms with Gasteiger partial charge in [0.1, 0.15) is 11.3 Å². The van der Waals surface area contributed by atoms with Crippen molar-refractivity contribution in [1.29, 1.82) is 0 Å². The lowest BCUT2D eigenvalue weighted by molar-refractivity contribution is 0.466. The minimum atomic E-state index is 0.0165. The van der Waals surface area contributed by atoms with Gasteiger partial charge < -0.3 is 9.52 Å². The van der Waals surface area contributed by atoms with Crippen molar-refractivity contribution in [1.82, 2.24) is 4.98 Å². The number of hydrogen-bond acceptors (Lipinski definition) is 3. The van der Waals surface area contributed by atoms with Crippen LogP contribution < -0.4 is 0 Å². The van der Waals surface area contributed by atoms with Crippen LogP contribution in [0.5, 0.6) is 5.75 Å². The van der Waals surface area contributed by atoms with E-state index in [0.29, 0.717) is 17.5 Å². The third-order valence-corrected chi connectivity index (χ3v) is 6.20. The fourth-order valence-corrected chi connectivity index (χ4v) is 3.72. The zero-order valence-corrected chi connectivity index (χ0v) is 24.0. The Balaban J connectivity index is 0.000000248. The van der Waals surface area contributed by atoms with Crippen molar-refractivity contribution in [3.63, 3.8) is 0 Å². The Bertz CT molecular complexity index is 1100. The highest BCUT2D eigenvalue weighted by Crippen LogP contribution is 2.36. The Labute approximate surface area is 211 Å². The highest BCUT2D eigenvalue weighted by molar-refractivity contribution is 6.16. The van der Waals surface area contributed by atoms with Crippen LogP contribution >= 0.6 is 11.6 Å². The molecule has 0 aliphatic carbocycles. The number of rotatable bonds is 1. The molecule has 0 radical (unpaired) electrons. The Morgan fingerprint density at radius 3 is 1.50 bits per heavy atom. The number of phenolic OH excluding ortho intramolecular Hbond substituents is 1. The molecule has 0 bridgehead atoms. The summed E-state index contributed by atoms with van der Waals surface area (Å²) in [7, 11) is 0. The van der Waals surface area contributed by atoms with E-state index in [-0.39, 0.29) is 21.7 Å². The molecule has 0 aliphatic heterocycles. The van der Waals surface area contributed by atoms with Crippen molar-refractivity contribution in [3.05, 3.63) is 58.5 Å². The number of aromatic hydroxyl groups is 1. The topological polar surface area (TPSA) is 46.3 Å². The Kier molecular flexibility index (Phi) is 7.95. The van der Waals surface area contributed by atoms with E-state index in [2.05, 4.69) is 106 Å². The number of aromatic nitrogens is 1. The zero-order chi connectivity index (χ0) is 26.3. The minimum absolute atomic E-state index is 0.0165. The van der Waals surface area contributed by atoms with Crippen LogP contribution in [0.1, 0.15) is 111 Å². The summed E-state index contributed by atoms with van der Waals surface area (Å²) in [5.74, 6) is 1.27. The van der Waals surface area contributed by atoms with Gasteiger partial charge in [0.15, 0.2) is 5.58 Å². The number of fused-ring (bicyclic) bond motifs is 1. The van der Waals surface area contributed by atoms with Crippen LogP contribution in [0.3, 0.4) is 0 Å². The first-order valence-electron chi connectivity index (χ1n) is 12.1. The maximum atomic E-state index is 9.72. The van der Waals surface area contributed by atoms with Gasteiger partial charge in [-0.3, -0.25) is 0 Å². The number of phenols is 1. The number of oxazole rings is 1. The summed E-state index contributed by atoms with van der Waals surface area (Å²) in [4.78, 5) is 4.48. The molecule has 1 aromatic heterocycles. The van der Waals surface area contributed by atoms with Crippen LogP contribution in [-0.2, 0) is 27.5 Å². The van der Waals surface area contributed by atoms with Gasteiger partial charge in [0.2, 0.25) is 5.89 Å². The maximum absolute atomic E-state index is 9.72. The minimum Gasteiger partial charge on any atom is -0.508 e. The fraction of sp³-hybridized carbons (Fsp3) is 0.567. The summed E-state index contributed by atoms with van der Waals surface area (Å²) >= 11 is 5.84. The first-order chi connectivity index (χ1) is 15.2. The van der Waals surface area contributed by atoms with Gasteiger partial charge in [-0.15, -0.1) is 11.6 Å². The van der Waals surface area contributed by atoms with Crippen LogP contribution in [0.4, 0.5) is 0 Å². The van der Waals surface area contributed by atoms with Crippen molar-refractivity contribution in [3.8, 4) is 5.75 Å². The van der Waals surface area contributed by atoms with Gasteiger partial charge in [-0.1, -0.05) is 95.2 Å². The lowest BCUT2D eigenvalue weighted by Gasteiger charge is -2.25. The lowest BCUT2D eigenvalue weighted by atomic mass is 9.80. The monoisotopic (exact) mass is 485 g/mol. The van der Waals surface area contributed by atoms with Crippen LogP contribution in [0.2, 0.25) is 0 Å². The molecule has 0 amide bonds. The Hall–Kier alpha value is -2.00. The highest BCUT2D eigenvalue weighted by atomic mass is 35.5. The van der Waals surface area contributed by atoms with E-state index < -0.39 is 0 Å². The second-order valence-electron chi connectivity index (χ2n) is 13.4. The van der Waals surface area contributed by atoms with Gasteiger partial charge >= 0.3 is 0 Å². The molecule has 0 aliphatic rings. The van der Waals surface area contributed by atoms with E-state index in [1.165, 1.54) is 22.3 Å². The smallest absolute Gasteiger partial charge is 0.210 e. The van der Waals surface area contributed by atoms with Crippen LogP contribution in [-0.4, -0.2) is 10.1 Å². The van der Waals surface area contributed by atoms with Crippen LogP contribution in [0, 0.1) is 0 Å². The van der Waals surface area contributed by atoms with Gasteiger partial charge in [0.05, 0.1) is 5.88 Å². The van der Waals surface area contributed by atoms with E-state index in [1.54, 1.807) is 0 Å². The molecule has 3 rings (SSSR count). The van der Waals surface area contributed by atoms with Gasteiger partial charge in [-0.2, -0.15) is 0 Å². The maximum Gasteiger partial charge on any atom is 0.210 e. The predicted molar refractivity (Wildman–Crippen MR) is 146 cm³/mol. The molecule has 4 heteroatoms. The van der Waals surface area contributed by atoms with Crippen molar-refractivity contribution in [2.75, 3.05) is 0 Å². The van der Waals surface area contributed by atoms with E-state index in [9.17, 15) is 5.11 Å². The molecule has 0 saturated heterocycles. The van der Waals surface area contributed by atoms with Crippen LogP contribution in [0.25, 0.3) is 11.1 Å². The number of halogens is 1. The van der Waals surface area contributed by atoms with Crippen molar-refractivity contribution in [2.45, 2.75) is 111 Å². The van der Waals surface area contributed by atoms with E-state index in [1.807, 2.05) is 12.1 Å². The molecule has 0 fully saturated rings. The SMILES string of the molecule is CC(C)(C)c1cc(C(C)(C)C)c2oc(CCl)nc2c1.CC(C)(C)c1cc(O)cc(C(C)(C)C)c1. The first kappa shape index (κ1) is 28.2. The molecular formula is C30H44ClNO2. The van der Waals surface area contributed by atoms with Gasteiger partial charge in [-0.25, -0.2) is 4.98 Å². The molecule has 1 N–H and O–H groups in total. The second-order valence-corrected chi connectivity index (χ2v) is 13.6. The summed E-state index contributed by atoms with van der Waals surface area (Å²) in [6.45, 7) is 26.2. The molecule has 2 aromatic carbocycles. The third kappa shape index (κ3) is 7.01. The molecule has 1 heterocycles. The molecule has 34 heavy (non-hydrogen) atoms. The molecule has 0 saturated carbocycles. The molecule has 0 spiro atoms. The predicted octanol–water partition coefficient (Wildman–Crippen LogP) is 9.15. The second kappa shape index (κ2) is 9.57. The summed E-state index contributed by atoms with van der Waals surface area (Å²) in [6.07, 6.45) is 0. The van der Waals surface area contributed by atoms with Crippen molar-refractivity contribution in [2.24, 2.45) is 0 Å². The molecule has 3 nitrogen and oxygen atoms in total. The molecule has 0 atom stereocenters. The van der Waals surface area contributed by atoms with E-state index >= 15 is 0 Å². The summed E-state index contributed by atoms with van der Waals surface area (Å²) in [5, 5.41) is 9.72. The number of benzene rings is 2. The van der Waals surface area contributed by atoms with E-state index in [0.717, 1.165) is 11.1 Å². The van der Waals surface area contributed by atoms with Crippen LogP contribution in [0.15, 0.2) is 34.7 Å². The number of nitrogens with zero attached hydrogens (tertiary/aromatic N) is 1. The lowest BCUT2D eigenvalue weighted by Crippen LogP contribution is -2.16. The molecule has 3 aromatic rings. The quantitative estimate of drug-likeness (QED) is 0.349. The largest absolute Gasteiger partial charge is 0.508 e.